The van der Waals surface area contributed by atoms with Gasteiger partial charge < -0.3 is 5.32 Å². The molecule has 1 atom stereocenters. The summed E-state index contributed by atoms with van der Waals surface area (Å²) < 4.78 is 0. The lowest BCUT2D eigenvalue weighted by molar-refractivity contribution is -0.115. The fourth-order valence-electron chi connectivity index (χ4n) is 3.80. The van der Waals surface area contributed by atoms with Crippen molar-refractivity contribution in [1.82, 2.24) is 0 Å². The highest BCUT2D eigenvalue weighted by molar-refractivity contribution is 8.00. The van der Waals surface area contributed by atoms with Crippen LogP contribution in [0, 0.1) is 20.8 Å². The predicted molar refractivity (Wildman–Crippen MR) is 124 cm³/mol. The molecule has 0 unspecified atom stereocenters. The van der Waals surface area contributed by atoms with E-state index in [1.807, 2.05) is 79.4 Å². The van der Waals surface area contributed by atoms with Gasteiger partial charge in [-0.3, -0.25) is 14.5 Å². The topological polar surface area (TPSA) is 49.4 Å². The van der Waals surface area contributed by atoms with Gasteiger partial charge in [0.15, 0.2) is 0 Å². The molecule has 1 saturated heterocycles. The second-order valence-electron chi connectivity index (χ2n) is 7.61. The maximum atomic E-state index is 12.7. The molecule has 30 heavy (non-hydrogen) atoms. The maximum Gasteiger partial charge on any atom is 0.255 e. The molecule has 152 valence electrons. The van der Waals surface area contributed by atoms with Crippen molar-refractivity contribution < 1.29 is 9.59 Å². The fourth-order valence-corrected chi connectivity index (χ4v) is 4.96. The second kappa shape index (κ2) is 8.36. The molecule has 4 nitrogen and oxygen atoms in total. The summed E-state index contributed by atoms with van der Waals surface area (Å²) in [6, 6.07) is 21.5. The first-order valence-corrected chi connectivity index (χ1v) is 11.0. The summed E-state index contributed by atoms with van der Waals surface area (Å²) in [4.78, 5) is 27.3. The number of benzene rings is 3. The third-order valence-electron chi connectivity index (χ3n) is 5.30. The van der Waals surface area contributed by atoms with Crippen LogP contribution in [0.5, 0.6) is 0 Å². The number of aryl methyl sites for hydroxylation is 3. The monoisotopic (exact) mass is 416 g/mol. The molecule has 1 aliphatic rings. The van der Waals surface area contributed by atoms with E-state index in [4.69, 9.17) is 0 Å². The average molecular weight is 417 g/mol. The van der Waals surface area contributed by atoms with Gasteiger partial charge in [0.05, 0.1) is 5.75 Å². The standard InChI is InChI=1S/C25H24N2O2S/c1-16-11-12-22(18(3)13-16)27-23(28)15-30-25(27)19-8-6-9-20(14-19)26-24(29)21-10-5-4-7-17(21)2/h4-14,25H,15H2,1-3H3,(H,26,29)/t25-/m1/s1. The van der Waals surface area contributed by atoms with Crippen LogP contribution in [0.25, 0.3) is 0 Å². The van der Waals surface area contributed by atoms with Crippen LogP contribution >= 0.6 is 11.8 Å². The summed E-state index contributed by atoms with van der Waals surface area (Å²) in [5.74, 6) is 0.413. The molecule has 4 rings (SSSR count). The molecule has 1 aliphatic heterocycles. The largest absolute Gasteiger partial charge is 0.322 e. The van der Waals surface area contributed by atoms with Crippen LogP contribution in [0.3, 0.4) is 0 Å². The van der Waals surface area contributed by atoms with Crippen molar-refractivity contribution in [2.45, 2.75) is 26.1 Å². The Balaban J connectivity index is 1.62. The average Bonchev–Trinajstić information content (AvgIpc) is 3.10. The van der Waals surface area contributed by atoms with Crippen molar-refractivity contribution >= 4 is 35.0 Å². The molecule has 1 fully saturated rings. The zero-order valence-electron chi connectivity index (χ0n) is 17.3. The van der Waals surface area contributed by atoms with Gasteiger partial charge in [-0.15, -0.1) is 11.8 Å². The van der Waals surface area contributed by atoms with E-state index >= 15 is 0 Å². The van der Waals surface area contributed by atoms with Crippen LogP contribution in [0.4, 0.5) is 11.4 Å². The van der Waals surface area contributed by atoms with E-state index in [0.29, 0.717) is 11.3 Å². The van der Waals surface area contributed by atoms with Gasteiger partial charge in [0.1, 0.15) is 5.37 Å². The van der Waals surface area contributed by atoms with E-state index in [9.17, 15) is 9.59 Å². The van der Waals surface area contributed by atoms with Crippen molar-refractivity contribution in [3.63, 3.8) is 0 Å². The van der Waals surface area contributed by atoms with E-state index in [1.165, 1.54) is 5.56 Å². The number of rotatable bonds is 4. The summed E-state index contributed by atoms with van der Waals surface area (Å²) in [5.41, 5.74) is 6.51. The number of amides is 2. The Hall–Kier alpha value is -3.05. The van der Waals surface area contributed by atoms with Crippen LogP contribution in [0.2, 0.25) is 0 Å². The molecule has 5 heteroatoms. The van der Waals surface area contributed by atoms with Gasteiger partial charge >= 0.3 is 0 Å². The molecular weight excluding hydrogens is 392 g/mol. The number of hydrogen-bond acceptors (Lipinski definition) is 3. The Morgan fingerprint density at radius 2 is 1.77 bits per heavy atom. The normalized spacial score (nSPS) is 16.0. The number of carbonyl (C=O) groups is 2. The lowest BCUT2D eigenvalue weighted by atomic mass is 10.1. The molecule has 0 aliphatic carbocycles. The maximum absolute atomic E-state index is 12.7. The second-order valence-corrected chi connectivity index (χ2v) is 8.68. The van der Waals surface area contributed by atoms with Crippen molar-refractivity contribution in [3.8, 4) is 0 Å². The quantitative estimate of drug-likeness (QED) is 0.598. The lowest BCUT2D eigenvalue weighted by Crippen LogP contribution is -2.28. The van der Waals surface area contributed by atoms with Gasteiger partial charge in [0.2, 0.25) is 5.91 Å². The van der Waals surface area contributed by atoms with Crippen LogP contribution in [-0.4, -0.2) is 17.6 Å². The predicted octanol–water partition coefficient (Wildman–Crippen LogP) is 5.64. The van der Waals surface area contributed by atoms with Crippen LogP contribution < -0.4 is 10.2 Å². The number of thioether (sulfide) groups is 1. The number of nitrogens with zero attached hydrogens (tertiary/aromatic N) is 1. The molecule has 0 saturated carbocycles. The highest BCUT2D eigenvalue weighted by Gasteiger charge is 2.34. The molecule has 3 aromatic carbocycles. The first-order chi connectivity index (χ1) is 14.4. The summed E-state index contributed by atoms with van der Waals surface area (Å²) in [7, 11) is 0. The number of hydrogen-bond donors (Lipinski definition) is 1. The van der Waals surface area contributed by atoms with Gasteiger partial charge in [-0.05, 0) is 61.7 Å². The number of anilines is 2. The minimum atomic E-state index is -0.133. The van der Waals surface area contributed by atoms with E-state index < -0.39 is 0 Å². The summed E-state index contributed by atoms with van der Waals surface area (Å²) in [5, 5.41) is 2.88. The van der Waals surface area contributed by atoms with Crippen LogP contribution in [0.1, 0.15) is 38.0 Å². The SMILES string of the molecule is Cc1ccc(N2C(=O)CS[C@@H]2c2cccc(NC(=O)c3ccccc3C)c2)c(C)c1. The first-order valence-electron chi connectivity index (χ1n) is 9.92. The minimum Gasteiger partial charge on any atom is -0.322 e. The van der Waals surface area contributed by atoms with Crippen molar-refractivity contribution in [3.05, 3.63) is 94.5 Å². The Bertz CT molecular complexity index is 1130. The van der Waals surface area contributed by atoms with Gasteiger partial charge in [-0.2, -0.15) is 0 Å². The third-order valence-corrected chi connectivity index (χ3v) is 6.51. The number of nitrogens with one attached hydrogen (secondary N) is 1. The third kappa shape index (κ3) is 3.98. The van der Waals surface area contributed by atoms with E-state index in [1.54, 1.807) is 11.8 Å². The van der Waals surface area contributed by atoms with Crippen molar-refractivity contribution in [1.29, 1.82) is 0 Å². The molecule has 1 N–H and O–H groups in total. The molecule has 3 aromatic rings. The van der Waals surface area contributed by atoms with Gasteiger partial charge in [-0.1, -0.05) is 48.0 Å². The first kappa shape index (κ1) is 20.2. The van der Waals surface area contributed by atoms with E-state index in [-0.39, 0.29) is 17.2 Å². The van der Waals surface area contributed by atoms with Crippen LogP contribution in [-0.2, 0) is 4.79 Å². The van der Waals surface area contributed by atoms with Crippen molar-refractivity contribution in [2.75, 3.05) is 16.0 Å². The van der Waals surface area contributed by atoms with Gasteiger partial charge in [-0.25, -0.2) is 0 Å². The Labute approximate surface area is 181 Å². The summed E-state index contributed by atoms with van der Waals surface area (Å²) >= 11 is 1.61. The summed E-state index contributed by atoms with van der Waals surface area (Å²) in [6.45, 7) is 6.01. The van der Waals surface area contributed by atoms with E-state index in [2.05, 4.69) is 18.3 Å². The molecular formula is C25H24N2O2S. The highest BCUT2D eigenvalue weighted by Crippen LogP contribution is 2.43. The zero-order valence-corrected chi connectivity index (χ0v) is 18.1. The zero-order chi connectivity index (χ0) is 21.3. The number of carbonyl (C=O) groups excluding carboxylic acids is 2. The molecule has 0 bridgehead atoms. The fraction of sp³-hybridized carbons (Fsp3) is 0.200. The van der Waals surface area contributed by atoms with Crippen LogP contribution in [0.15, 0.2) is 66.7 Å². The van der Waals surface area contributed by atoms with E-state index in [0.717, 1.165) is 28.1 Å². The Morgan fingerprint density at radius 1 is 0.967 bits per heavy atom. The van der Waals surface area contributed by atoms with Gasteiger partial charge in [0.25, 0.3) is 5.91 Å². The molecule has 0 aromatic heterocycles. The summed E-state index contributed by atoms with van der Waals surface area (Å²) in [6.07, 6.45) is 0. The Morgan fingerprint density at radius 3 is 2.53 bits per heavy atom. The minimum absolute atomic E-state index is 0.103. The lowest BCUT2D eigenvalue weighted by Gasteiger charge is -2.26. The molecule has 1 heterocycles. The van der Waals surface area contributed by atoms with Crippen molar-refractivity contribution in [2.24, 2.45) is 0 Å². The highest BCUT2D eigenvalue weighted by atomic mass is 32.2. The molecule has 2 amide bonds. The Kier molecular flexibility index (Phi) is 5.64. The van der Waals surface area contributed by atoms with Gasteiger partial charge in [0, 0.05) is 16.9 Å². The molecule has 0 radical (unpaired) electrons. The smallest absolute Gasteiger partial charge is 0.255 e. The molecule has 0 spiro atoms.